The number of amides is 2. The summed E-state index contributed by atoms with van der Waals surface area (Å²) in [5.74, 6) is -3.04. The highest BCUT2D eigenvalue weighted by Crippen LogP contribution is 2.37. The number of aryl methyl sites for hydroxylation is 1. The van der Waals surface area contributed by atoms with E-state index in [1.54, 1.807) is 18.3 Å². The SMILES string of the molecule is CONC(=O)c1cc(Nc2ncnn3cc(N(Cc4cccc(C)n4)C(=O)O)c(C(C)C)c23)c(F)cc1F. The zero-order chi connectivity index (χ0) is 27.6. The summed E-state index contributed by atoms with van der Waals surface area (Å²) in [5, 5.41) is 17.1. The maximum atomic E-state index is 14.7. The summed E-state index contributed by atoms with van der Waals surface area (Å²) in [6, 6.07) is 6.90. The summed E-state index contributed by atoms with van der Waals surface area (Å²) in [4.78, 5) is 38.8. The van der Waals surface area contributed by atoms with Crippen LogP contribution in [0.25, 0.3) is 5.52 Å². The fraction of sp³-hybridized carbons (Fsp3) is 0.240. The number of anilines is 3. The Morgan fingerprint density at radius 3 is 2.63 bits per heavy atom. The Balaban J connectivity index is 1.83. The average Bonchev–Trinajstić information content (AvgIpc) is 3.24. The number of hydrogen-bond donors (Lipinski definition) is 3. The van der Waals surface area contributed by atoms with Crippen LogP contribution in [0.4, 0.5) is 30.8 Å². The molecule has 0 aliphatic rings. The summed E-state index contributed by atoms with van der Waals surface area (Å²) in [6.45, 7) is 5.53. The van der Waals surface area contributed by atoms with E-state index in [1.807, 2.05) is 32.3 Å². The first kappa shape index (κ1) is 26.4. The van der Waals surface area contributed by atoms with Crippen molar-refractivity contribution < 1.29 is 28.3 Å². The number of nitrogens with zero attached hydrogens (tertiary/aromatic N) is 5. The van der Waals surface area contributed by atoms with Gasteiger partial charge in [0.15, 0.2) is 5.82 Å². The van der Waals surface area contributed by atoms with Crippen LogP contribution in [-0.4, -0.2) is 43.8 Å². The van der Waals surface area contributed by atoms with Crippen LogP contribution in [0.3, 0.4) is 0 Å². The highest BCUT2D eigenvalue weighted by atomic mass is 19.1. The second-order valence-electron chi connectivity index (χ2n) is 8.70. The molecule has 2 amide bonds. The number of carboxylic acid groups (broad SMARTS) is 1. The monoisotopic (exact) mass is 525 g/mol. The lowest BCUT2D eigenvalue weighted by atomic mass is 10.0. The van der Waals surface area contributed by atoms with E-state index in [4.69, 9.17) is 0 Å². The molecule has 0 saturated heterocycles. The van der Waals surface area contributed by atoms with Crippen molar-refractivity contribution in [1.82, 2.24) is 25.1 Å². The molecule has 1 aromatic carbocycles. The Morgan fingerprint density at radius 2 is 1.97 bits per heavy atom. The molecule has 0 bridgehead atoms. The fourth-order valence-corrected chi connectivity index (χ4v) is 4.10. The van der Waals surface area contributed by atoms with Crippen LogP contribution in [0.2, 0.25) is 0 Å². The van der Waals surface area contributed by atoms with Gasteiger partial charge in [0.05, 0.1) is 42.5 Å². The lowest BCUT2D eigenvalue weighted by Gasteiger charge is -2.21. The third-order valence-electron chi connectivity index (χ3n) is 5.71. The van der Waals surface area contributed by atoms with E-state index >= 15 is 0 Å². The van der Waals surface area contributed by atoms with Crippen molar-refractivity contribution >= 4 is 34.7 Å². The molecular formula is C25H25F2N7O4. The molecule has 0 atom stereocenters. The maximum Gasteiger partial charge on any atom is 0.412 e. The molecule has 3 heterocycles. The van der Waals surface area contributed by atoms with Crippen molar-refractivity contribution in [3.05, 3.63) is 77.0 Å². The van der Waals surface area contributed by atoms with E-state index in [-0.39, 0.29) is 24.0 Å². The predicted molar refractivity (Wildman–Crippen MR) is 134 cm³/mol. The first-order valence-electron chi connectivity index (χ1n) is 11.5. The molecule has 0 unspecified atom stereocenters. The van der Waals surface area contributed by atoms with Gasteiger partial charge >= 0.3 is 6.09 Å². The van der Waals surface area contributed by atoms with Crippen LogP contribution < -0.4 is 15.7 Å². The van der Waals surface area contributed by atoms with Crippen molar-refractivity contribution in [2.45, 2.75) is 33.2 Å². The summed E-state index contributed by atoms with van der Waals surface area (Å²) >= 11 is 0. The quantitative estimate of drug-likeness (QED) is 0.285. The van der Waals surface area contributed by atoms with E-state index in [2.05, 4.69) is 25.2 Å². The number of carbonyl (C=O) groups excluding carboxylic acids is 1. The molecule has 198 valence electrons. The Morgan fingerprint density at radius 1 is 1.21 bits per heavy atom. The number of rotatable bonds is 8. The zero-order valence-corrected chi connectivity index (χ0v) is 21.0. The van der Waals surface area contributed by atoms with Crippen LogP contribution in [0, 0.1) is 18.6 Å². The smallest absolute Gasteiger partial charge is 0.412 e. The van der Waals surface area contributed by atoms with Crippen LogP contribution >= 0.6 is 0 Å². The molecule has 4 aromatic rings. The van der Waals surface area contributed by atoms with Gasteiger partial charge in [-0.15, -0.1) is 0 Å². The molecule has 0 saturated carbocycles. The number of halogens is 2. The van der Waals surface area contributed by atoms with E-state index in [0.717, 1.165) is 16.7 Å². The molecule has 11 nitrogen and oxygen atoms in total. The molecule has 13 heteroatoms. The molecule has 38 heavy (non-hydrogen) atoms. The minimum Gasteiger partial charge on any atom is -0.465 e. The Kier molecular flexibility index (Phi) is 7.48. The number of fused-ring (bicyclic) bond motifs is 1. The van der Waals surface area contributed by atoms with Crippen molar-refractivity contribution in [3.8, 4) is 0 Å². The van der Waals surface area contributed by atoms with E-state index in [9.17, 15) is 23.5 Å². The summed E-state index contributed by atoms with van der Waals surface area (Å²) in [5.41, 5.74) is 3.90. The number of aromatic nitrogens is 4. The van der Waals surface area contributed by atoms with Gasteiger partial charge in [0.25, 0.3) is 5.91 Å². The summed E-state index contributed by atoms with van der Waals surface area (Å²) in [7, 11) is 1.18. The standard InChI is InChI=1S/C25H25F2N7O4/c1-13(2)21-20(33(25(36)37)10-15-7-5-6-14(3)30-15)11-34-22(21)23(28-12-29-34)31-19-8-16(24(35)32-38-4)17(26)9-18(19)27/h5-9,11-13H,10H2,1-4H3,(H,32,35)(H,36,37)(H,28,29,31). The zero-order valence-electron chi connectivity index (χ0n) is 21.0. The molecule has 3 N–H and O–H groups in total. The first-order chi connectivity index (χ1) is 18.1. The Hall–Kier alpha value is -4.65. The molecule has 3 aromatic heterocycles. The van der Waals surface area contributed by atoms with Crippen LogP contribution in [0.5, 0.6) is 0 Å². The van der Waals surface area contributed by atoms with Gasteiger partial charge in [-0.25, -0.2) is 28.6 Å². The third kappa shape index (κ3) is 5.22. The van der Waals surface area contributed by atoms with Gasteiger partial charge in [-0.1, -0.05) is 19.9 Å². The van der Waals surface area contributed by atoms with Crippen molar-refractivity contribution in [1.29, 1.82) is 0 Å². The molecule has 0 aliphatic heterocycles. The number of hydrogen-bond acceptors (Lipinski definition) is 7. The largest absolute Gasteiger partial charge is 0.465 e. The van der Waals surface area contributed by atoms with Crippen LogP contribution in [0.15, 0.2) is 42.9 Å². The number of benzene rings is 1. The number of carbonyl (C=O) groups is 2. The van der Waals surface area contributed by atoms with E-state index in [1.165, 1.54) is 18.0 Å². The van der Waals surface area contributed by atoms with Crippen LogP contribution in [-0.2, 0) is 11.4 Å². The first-order valence-corrected chi connectivity index (χ1v) is 11.5. The van der Waals surface area contributed by atoms with Gasteiger partial charge < -0.3 is 10.4 Å². The lowest BCUT2D eigenvalue weighted by Crippen LogP contribution is -2.29. The fourth-order valence-electron chi connectivity index (χ4n) is 4.10. The Labute approximate surface area is 216 Å². The van der Waals surface area contributed by atoms with Crippen molar-refractivity contribution in [2.75, 3.05) is 17.3 Å². The predicted octanol–water partition coefficient (Wildman–Crippen LogP) is 4.55. The number of nitrogens with one attached hydrogen (secondary N) is 2. The number of pyridine rings is 1. The van der Waals surface area contributed by atoms with E-state index < -0.39 is 29.2 Å². The highest BCUT2D eigenvalue weighted by Gasteiger charge is 2.27. The summed E-state index contributed by atoms with van der Waals surface area (Å²) in [6.07, 6.45) is 1.54. The highest BCUT2D eigenvalue weighted by molar-refractivity contribution is 5.95. The second-order valence-corrected chi connectivity index (χ2v) is 8.70. The molecule has 0 aliphatic carbocycles. The molecule has 0 spiro atoms. The van der Waals surface area contributed by atoms with Gasteiger partial charge in [-0.2, -0.15) is 5.10 Å². The topological polar surface area (TPSA) is 134 Å². The van der Waals surface area contributed by atoms with Gasteiger partial charge in [0.2, 0.25) is 0 Å². The average molecular weight is 526 g/mol. The molecular weight excluding hydrogens is 500 g/mol. The minimum absolute atomic E-state index is 0.0195. The van der Waals surface area contributed by atoms with Gasteiger partial charge in [-0.05, 0) is 31.0 Å². The third-order valence-corrected chi connectivity index (χ3v) is 5.71. The normalized spacial score (nSPS) is 11.1. The minimum atomic E-state index is -1.20. The van der Waals surface area contributed by atoms with E-state index in [0.29, 0.717) is 28.5 Å². The van der Waals surface area contributed by atoms with Gasteiger partial charge in [-0.3, -0.25) is 19.5 Å². The van der Waals surface area contributed by atoms with Crippen LogP contribution in [0.1, 0.15) is 47.1 Å². The van der Waals surface area contributed by atoms with Crippen molar-refractivity contribution in [2.24, 2.45) is 0 Å². The Bertz CT molecular complexity index is 1520. The second kappa shape index (κ2) is 10.8. The number of hydroxylamine groups is 1. The molecule has 0 fully saturated rings. The lowest BCUT2D eigenvalue weighted by molar-refractivity contribution is 0.0533. The molecule has 4 rings (SSSR count). The molecule has 0 radical (unpaired) electrons. The van der Waals surface area contributed by atoms with Gasteiger partial charge in [0.1, 0.15) is 23.5 Å². The van der Waals surface area contributed by atoms with Gasteiger partial charge in [0, 0.05) is 17.3 Å². The summed E-state index contributed by atoms with van der Waals surface area (Å²) < 4.78 is 30.4. The maximum absolute atomic E-state index is 14.7. The van der Waals surface area contributed by atoms with Crippen molar-refractivity contribution in [3.63, 3.8) is 0 Å².